The van der Waals surface area contributed by atoms with Crippen LogP contribution in [0.15, 0.2) is 12.5 Å². The van der Waals surface area contributed by atoms with Gasteiger partial charge in [0.2, 0.25) is 0 Å². The van der Waals surface area contributed by atoms with E-state index in [-0.39, 0.29) is 12.5 Å². The molecule has 0 aliphatic carbocycles. The van der Waals surface area contributed by atoms with E-state index < -0.39 is 0 Å². The van der Waals surface area contributed by atoms with Crippen LogP contribution in [0.3, 0.4) is 0 Å². The van der Waals surface area contributed by atoms with Gasteiger partial charge < -0.3 is 20.3 Å². The van der Waals surface area contributed by atoms with Gasteiger partial charge in [0, 0.05) is 32.4 Å². The van der Waals surface area contributed by atoms with E-state index in [0.717, 1.165) is 12.8 Å². The largest absolute Gasteiger partial charge is 0.395 e. The number of nitrogens with zero attached hydrogens (tertiary/aromatic N) is 3. The number of hydrogen-bond acceptors (Lipinski definition) is 4. The minimum Gasteiger partial charge on any atom is -0.395 e. The summed E-state index contributed by atoms with van der Waals surface area (Å²) in [7, 11) is 0. The summed E-state index contributed by atoms with van der Waals surface area (Å²) in [6, 6.07) is 0. The van der Waals surface area contributed by atoms with Crippen molar-refractivity contribution in [2.24, 2.45) is 5.73 Å². The third kappa shape index (κ3) is 4.12. The van der Waals surface area contributed by atoms with E-state index in [0.29, 0.717) is 31.9 Å². The van der Waals surface area contributed by atoms with Crippen molar-refractivity contribution in [3.8, 4) is 0 Å². The van der Waals surface area contributed by atoms with Crippen LogP contribution in [-0.4, -0.2) is 51.7 Å². The van der Waals surface area contributed by atoms with Gasteiger partial charge in [0.05, 0.1) is 12.9 Å². The Morgan fingerprint density at radius 3 is 2.94 bits per heavy atom. The number of carbonyl (C=O) groups is 1. The zero-order valence-corrected chi connectivity index (χ0v) is 10.9. The molecule has 0 aromatic carbocycles. The van der Waals surface area contributed by atoms with Crippen LogP contribution in [0.25, 0.3) is 0 Å². The first-order chi connectivity index (χ1) is 8.72. The average molecular weight is 254 g/mol. The fourth-order valence-electron chi connectivity index (χ4n) is 1.69. The van der Waals surface area contributed by atoms with Gasteiger partial charge in [-0.2, -0.15) is 0 Å². The second-order valence-corrected chi connectivity index (χ2v) is 4.15. The number of hydrogen-bond donors (Lipinski definition) is 2. The summed E-state index contributed by atoms with van der Waals surface area (Å²) in [5.41, 5.74) is 5.85. The molecule has 0 atom stereocenters. The molecule has 1 aromatic rings. The van der Waals surface area contributed by atoms with E-state index in [4.69, 9.17) is 10.8 Å². The van der Waals surface area contributed by atoms with E-state index in [1.54, 1.807) is 22.0 Å². The number of unbranched alkanes of at least 4 members (excludes halogenated alkanes) is 1. The van der Waals surface area contributed by atoms with E-state index in [1.807, 2.05) is 0 Å². The number of aromatic nitrogens is 2. The molecule has 0 saturated carbocycles. The monoisotopic (exact) mass is 254 g/mol. The third-order valence-corrected chi connectivity index (χ3v) is 2.68. The van der Waals surface area contributed by atoms with Gasteiger partial charge in [0.25, 0.3) is 5.91 Å². The molecule has 0 aliphatic heterocycles. The highest BCUT2D eigenvalue weighted by Gasteiger charge is 2.17. The molecular formula is C12H22N4O2. The van der Waals surface area contributed by atoms with E-state index in [1.165, 1.54) is 0 Å². The van der Waals surface area contributed by atoms with Crippen LogP contribution in [-0.2, 0) is 6.54 Å². The molecule has 0 unspecified atom stereocenters. The Labute approximate surface area is 107 Å². The maximum Gasteiger partial charge on any atom is 0.274 e. The Morgan fingerprint density at radius 1 is 1.56 bits per heavy atom. The van der Waals surface area contributed by atoms with Gasteiger partial charge >= 0.3 is 0 Å². The molecule has 6 heteroatoms. The first-order valence-electron chi connectivity index (χ1n) is 6.34. The van der Waals surface area contributed by atoms with Gasteiger partial charge in [-0.1, -0.05) is 13.3 Å². The number of carbonyl (C=O) groups excluding carboxylic acids is 1. The molecular weight excluding hydrogens is 232 g/mol. The minimum absolute atomic E-state index is 0.0288. The van der Waals surface area contributed by atoms with Gasteiger partial charge in [-0.3, -0.25) is 4.79 Å². The van der Waals surface area contributed by atoms with Crippen LogP contribution in [0.1, 0.15) is 30.3 Å². The maximum absolute atomic E-state index is 12.2. The number of aliphatic hydroxyl groups excluding tert-OH is 1. The summed E-state index contributed by atoms with van der Waals surface area (Å²) >= 11 is 0. The van der Waals surface area contributed by atoms with Crippen LogP contribution >= 0.6 is 0 Å². The standard InChI is InChI=1S/C12H22N4O2/c1-2-3-5-16(7-8-17)12(18)11-9-15(6-4-13)10-14-11/h9-10,17H,2-8,13H2,1H3. The molecule has 3 N–H and O–H groups in total. The zero-order valence-electron chi connectivity index (χ0n) is 10.9. The van der Waals surface area contributed by atoms with Crippen molar-refractivity contribution in [3.05, 3.63) is 18.2 Å². The molecule has 0 spiro atoms. The molecule has 18 heavy (non-hydrogen) atoms. The summed E-state index contributed by atoms with van der Waals surface area (Å²) in [6.07, 6.45) is 5.24. The Balaban J connectivity index is 2.67. The van der Waals surface area contributed by atoms with Gasteiger partial charge in [0.1, 0.15) is 5.69 Å². The van der Waals surface area contributed by atoms with Crippen molar-refractivity contribution in [1.82, 2.24) is 14.5 Å². The fourth-order valence-corrected chi connectivity index (χ4v) is 1.69. The number of imidazole rings is 1. The quantitative estimate of drug-likeness (QED) is 0.688. The SMILES string of the molecule is CCCCN(CCO)C(=O)c1cn(CCN)cn1. The summed E-state index contributed by atoms with van der Waals surface area (Å²) in [5, 5.41) is 8.99. The van der Waals surface area contributed by atoms with Crippen molar-refractivity contribution in [2.45, 2.75) is 26.3 Å². The van der Waals surface area contributed by atoms with E-state index >= 15 is 0 Å². The molecule has 1 amide bonds. The number of aliphatic hydroxyl groups is 1. The molecule has 1 rings (SSSR count). The normalized spacial score (nSPS) is 10.6. The molecule has 1 heterocycles. The lowest BCUT2D eigenvalue weighted by Gasteiger charge is -2.20. The number of rotatable bonds is 8. The lowest BCUT2D eigenvalue weighted by atomic mass is 10.3. The third-order valence-electron chi connectivity index (χ3n) is 2.68. The maximum atomic E-state index is 12.2. The smallest absolute Gasteiger partial charge is 0.274 e. The predicted octanol–water partition coefficient (Wildman–Crippen LogP) is 0.0764. The van der Waals surface area contributed by atoms with Crippen molar-refractivity contribution < 1.29 is 9.90 Å². The predicted molar refractivity (Wildman–Crippen MR) is 69.2 cm³/mol. The molecule has 1 aromatic heterocycles. The van der Waals surface area contributed by atoms with Crippen LogP contribution in [0.5, 0.6) is 0 Å². The van der Waals surface area contributed by atoms with E-state index in [9.17, 15) is 4.79 Å². The number of nitrogens with two attached hydrogens (primary N) is 1. The minimum atomic E-state index is -0.131. The molecule has 0 aliphatic rings. The Hall–Kier alpha value is -1.40. The lowest BCUT2D eigenvalue weighted by Crippen LogP contribution is -2.34. The van der Waals surface area contributed by atoms with Crippen molar-refractivity contribution in [3.63, 3.8) is 0 Å². The molecule has 6 nitrogen and oxygen atoms in total. The molecule has 0 radical (unpaired) electrons. The van der Waals surface area contributed by atoms with Crippen LogP contribution in [0, 0.1) is 0 Å². The highest BCUT2D eigenvalue weighted by atomic mass is 16.3. The fraction of sp³-hybridized carbons (Fsp3) is 0.667. The van der Waals surface area contributed by atoms with Crippen LogP contribution in [0.2, 0.25) is 0 Å². The van der Waals surface area contributed by atoms with Crippen molar-refractivity contribution in [2.75, 3.05) is 26.2 Å². The molecule has 0 fully saturated rings. The summed E-state index contributed by atoms with van der Waals surface area (Å²) in [5.74, 6) is -0.131. The Kier molecular flexibility index (Phi) is 6.38. The first-order valence-corrected chi connectivity index (χ1v) is 6.34. The van der Waals surface area contributed by atoms with Crippen LogP contribution < -0.4 is 5.73 Å². The van der Waals surface area contributed by atoms with Gasteiger partial charge in [-0.25, -0.2) is 4.98 Å². The second kappa shape index (κ2) is 7.84. The Morgan fingerprint density at radius 2 is 2.33 bits per heavy atom. The van der Waals surface area contributed by atoms with E-state index in [2.05, 4.69) is 11.9 Å². The average Bonchev–Trinajstić information content (AvgIpc) is 2.83. The van der Waals surface area contributed by atoms with Crippen molar-refractivity contribution >= 4 is 5.91 Å². The summed E-state index contributed by atoms with van der Waals surface area (Å²) < 4.78 is 1.80. The van der Waals surface area contributed by atoms with Gasteiger partial charge in [0.15, 0.2) is 0 Å². The second-order valence-electron chi connectivity index (χ2n) is 4.15. The lowest BCUT2D eigenvalue weighted by molar-refractivity contribution is 0.0714. The molecule has 102 valence electrons. The first kappa shape index (κ1) is 14.7. The topological polar surface area (TPSA) is 84.4 Å². The zero-order chi connectivity index (χ0) is 13.4. The summed E-state index contributed by atoms with van der Waals surface area (Å²) in [6.45, 7) is 4.20. The highest BCUT2D eigenvalue weighted by molar-refractivity contribution is 5.92. The summed E-state index contributed by atoms with van der Waals surface area (Å²) in [4.78, 5) is 17.9. The molecule has 0 saturated heterocycles. The van der Waals surface area contributed by atoms with Crippen LogP contribution in [0.4, 0.5) is 0 Å². The highest BCUT2D eigenvalue weighted by Crippen LogP contribution is 2.04. The van der Waals surface area contributed by atoms with Crippen molar-refractivity contribution in [1.29, 1.82) is 0 Å². The molecule has 0 bridgehead atoms. The number of amides is 1. The van der Waals surface area contributed by atoms with Gasteiger partial charge in [-0.15, -0.1) is 0 Å². The van der Waals surface area contributed by atoms with Gasteiger partial charge in [-0.05, 0) is 6.42 Å². The Bertz CT molecular complexity index is 365.